The molecule has 0 spiro atoms. The Morgan fingerprint density at radius 1 is 1.59 bits per heavy atom. The van der Waals surface area contributed by atoms with E-state index < -0.39 is 0 Å². The number of thioether (sulfide) groups is 1. The first-order valence-electron chi connectivity index (χ1n) is 5.27. The summed E-state index contributed by atoms with van der Waals surface area (Å²) in [5.74, 6) is 0.931. The monoisotopic (exact) mass is 318 g/mol. The summed E-state index contributed by atoms with van der Waals surface area (Å²) in [7, 11) is 0. The van der Waals surface area contributed by atoms with Gasteiger partial charge in [-0.15, -0.1) is 0 Å². The van der Waals surface area contributed by atoms with Crippen LogP contribution >= 0.6 is 27.7 Å². The second-order valence-electron chi connectivity index (χ2n) is 3.62. The largest absolute Gasteiger partial charge is 0.376 e. The molecule has 1 unspecified atom stereocenters. The van der Waals surface area contributed by atoms with E-state index in [0.717, 1.165) is 16.6 Å². The molecule has 94 valence electrons. The number of halogens is 1. The number of anilines is 1. The number of nitro benzene ring substituents is 1. The van der Waals surface area contributed by atoms with E-state index in [9.17, 15) is 10.1 Å². The van der Waals surface area contributed by atoms with Crippen molar-refractivity contribution in [2.45, 2.75) is 19.4 Å². The number of hydrogen-bond acceptors (Lipinski definition) is 4. The summed E-state index contributed by atoms with van der Waals surface area (Å²) in [4.78, 5) is 10.5. The molecule has 0 heterocycles. The molecule has 0 aliphatic rings. The standard InChI is InChI=1S/C11H15BrN2O2S/c1-3-9(7-17-2)13-10-6-8(12)4-5-11(10)14(15)16/h4-6,9,13H,3,7H2,1-2H3. The van der Waals surface area contributed by atoms with E-state index in [1.807, 2.05) is 6.26 Å². The van der Waals surface area contributed by atoms with E-state index >= 15 is 0 Å². The minimum Gasteiger partial charge on any atom is -0.376 e. The first kappa shape index (κ1) is 14.3. The predicted octanol–water partition coefficient (Wildman–Crippen LogP) is 3.91. The second kappa shape index (κ2) is 6.86. The van der Waals surface area contributed by atoms with Gasteiger partial charge in [0, 0.05) is 22.3 Å². The SMILES string of the molecule is CCC(CSC)Nc1cc(Br)ccc1[N+](=O)[O-]. The fourth-order valence-electron chi connectivity index (χ4n) is 1.47. The summed E-state index contributed by atoms with van der Waals surface area (Å²) in [6.07, 6.45) is 2.96. The molecule has 0 bridgehead atoms. The summed E-state index contributed by atoms with van der Waals surface area (Å²) in [6, 6.07) is 5.19. The molecule has 17 heavy (non-hydrogen) atoms. The minimum atomic E-state index is -0.361. The Morgan fingerprint density at radius 2 is 2.29 bits per heavy atom. The number of benzene rings is 1. The molecule has 6 heteroatoms. The van der Waals surface area contributed by atoms with Crippen LogP contribution in [0.25, 0.3) is 0 Å². The quantitative estimate of drug-likeness (QED) is 0.638. The van der Waals surface area contributed by atoms with Gasteiger partial charge in [0.15, 0.2) is 0 Å². The van der Waals surface area contributed by atoms with Crippen LogP contribution in [0.15, 0.2) is 22.7 Å². The maximum absolute atomic E-state index is 10.9. The molecule has 1 N–H and O–H groups in total. The normalized spacial score (nSPS) is 12.2. The van der Waals surface area contributed by atoms with Gasteiger partial charge in [-0.1, -0.05) is 22.9 Å². The molecule has 1 rings (SSSR count). The summed E-state index contributed by atoms with van der Waals surface area (Å²) in [6.45, 7) is 2.07. The highest BCUT2D eigenvalue weighted by atomic mass is 79.9. The van der Waals surface area contributed by atoms with Crippen molar-refractivity contribution in [1.82, 2.24) is 0 Å². The Kier molecular flexibility index (Phi) is 5.77. The molecule has 1 atom stereocenters. The highest BCUT2D eigenvalue weighted by molar-refractivity contribution is 9.10. The molecular weight excluding hydrogens is 304 g/mol. The topological polar surface area (TPSA) is 55.2 Å². The average molecular weight is 319 g/mol. The van der Waals surface area contributed by atoms with Crippen LogP contribution in [0.2, 0.25) is 0 Å². The zero-order valence-corrected chi connectivity index (χ0v) is 12.2. The van der Waals surface area contributed by atoms with Crippen molar-refractivity contribution in [2.75, 3.05) is 17.3 Å². The molecule has 1 aromatic rings. The number of nitrogens with one attached hydrogen (secondary N) is 1. The van der Waals surface area contributed by atoms with Gasteiger partial charge >= 0.3 is 0 Å². The maximum atomic E-state index is 10.9. The Bertz CT molecular complexity index is 401. The lowest BCUT2D eigenvalue weighted by molar-refractivity contribution is -0.384. The first-order chi connectivity index (χ1) is 8.08. The van der Waals surface area contributed by atoms with Crippen molar-refractivity contribution in [3.05, 3.63) is 32.8 Å². The lowest BCUT2D eigenvalue weighted by atomic mass is 10.2. The highest BCUT2D eigenvalue weighted by Gasteiger charge is 2.16. The van der Waals surface area contributed by atoms with Gasteiger partial charge in [-0.3, -0.25) is 10.1 Å². The van der Waals surface area contributed by atoms with Crippen molar-refractivity contribution < 1.29 is 4.92 Å². The van der Waals surface area contributed by atoms with Crippen molar-refractivity contribution in [2.24, 2.45) is 0 Å². The van der Waals surface area contributed by atoms with Crippen molar-refractivity contribution in [3.8, 4) is 0 Å². The van der Waals surface area contributed by atoms with E-state index in [1.54, 1.807) is 23.9 Å². The zero-order valence-electron chi connectivity index (χ0n) is 9.77. The smallest absolute Gasteiger partial charge is 0.292 e. The molecule has 0 aromatic heterocycles. The van der Waals surface area contributed by atoms with E-state index in [0.29, 0.717) is 5.69 Å². The van der Waals surface area contributed by atoms with Gasteiger partial charge in [0.25, 0.3) is 5.69 Å². The third-order valence-corrected chi connectivity index (χ3v) is 3.60. The van der Waals surface area contributed by atoms with E-state index in [2.05, 4.69) is 28.2 Å². The molecule has 4 nitrogen and oxygen atoms in total. The highest BCUT2D eigenvalue weighted by Crippen LogP contribution is 2.29. The molecular formula is C11H15BrN2O2S. The molecule has 0 amide bonds. The van der Waals surface area contributed by atoms with Crippen LogP contribution in [-0.2, 0) is 0 Å². The lowest BCUT2D eigenvalue weighted by Crippen LogP contribution is -2.21. The Hall–Kier alpha value is -0.750. The Morgan fingerprint density at radius 3 is 2.82 bits per heavy atom. The van der Waals surface area contributed by atoms with Crippen LogP contribution in [0, 0.1) is 10.1 Å². The summed E-state index contributed by atoms with van der Waals surface area (Å²) in [5, 5.41) is 14.1. The lowest BCUT2D eigenvalue weighted by Gasteiger charge is -2.17. The van der Waals surface area contributed by atoms with Gasteiger partial charge in [-0.05, 0) is 24.8 Å². The average Bonchev–Trinajstić information content (AvgIpc) is 2.28. The number of nitro groups is 1. The van der Waals surface area contributed by atoms with Crippen molar-refractivity contribution in [1.29, 1.82) is 0 Å². The zero-order chi connectivity index (χ0) is 12.8. The van der Waals surface area contributed by atoms with Gasteiger partial charge in [0.05, 0.1) is 4.92 Å². The van der Waals surface area contributed by atoms with Crippen molar-refractivity contribution in [3.63, 3.8) is 0 Å². The molecule has 0 saturated heterocycles. The fourth-order valence-corrected chi connectivity index (χ4v) is 2.55. The maximum Gasteiger partial charge on any atom is 0.292 e. The van der Waals surface area contributed by atoms with Gasteiger partial charge in [-0.25, -0.2) is 0 Å². The Balaban J connectivity index is 2.94. The van der Waals surface area contributed by atoms with Gasteiger partial charge in [0.1, 0.15) is 5.69 Å². The third-order valence-electron chi connectivity index (χ3n) is 2.38. The van der Waals surface area contributed by atoms with E-state index in [1.165, 1.54) is 6.07 Å². The predicted molar refractivity (Wildman–Crippen MR) is 76.9 cm³/mol. The summed E-state index contributed by atoms with van der Waals surface area (Å²) in [5.41, 5.74) is 0.693. The summed E-state index contributed by atoms with van der Waals surface area (Å²) >= 11 is 5.06. The summed E-state index contributed by atoms with van der Waals surface area (Å²) < 4.78 is 0.838. The van der Waals surface area contributed by atoms with Crippen LogP contribution in [-0.4, -0.2) is 23.0 Å². The molecule has 0 aliphatic heterocycles. The molecule has 1 aromatic carbocycles. The first-order valence-corrected chi connectivity index (χ1v) is 7.46. The van der Waals surface area contributed by atoms with Crippen LogP contribution in [0.4, 0.5) is 11.4 Å². The van der Waals surface area contributed by atoms with Gasteiger partial charge in [0.2, 0.25) is 0 Å². The van der Waals surface area contributed by atoms with E-state index in [-0.39, 0.29) is 16.7 Å². The van der Waals surface area contributed by atoms with Crippen LogP contribution in [0.1, 0.15) is 13.3 Å². The van der Waals surface area contributed by atoms with Gasteiger partial charge in [-0.2, -0.15) is 11.8 Å². The van der Waals surface area contributed by atoms with Crippen LogP contribution < -0.4 is 5.32 Å². The number of rotatable bonds is 6. The molecule has 0 radical (unpaired) electrons. The van der Waals surface area contributed by atoms with Gasteiger partial charge < -0.3 is 5.32 Å². The molecule has 0 aliphatic carbocycles. The Labute approximate surface area is 113 Å². The second-order valence-corrected chi connectivity index (χ2v) is 5.45. The number of nitrogens with zero attached hydrogens (tertiary/aromatic N) is 1. The van der Waals surface area contributed by atoms with Crippen molar-refractivity contribution >= 4 is 39.1 Å². The molecule has 0 fully saturated rings. The van der Waals surface area contributed by atoms with Crippen LogP contribution in [0.5, 0.6) is 0 Å². The fraction of sp³-hybridized carbons (Fsp3) is 0.455. The van der Waals surface area contributed by atoms with Crippen LogP contribution in [0.3, 0.4) is 0 Å². The third kappa shape index (κ3) is 4.20. The molecule has 0 saturated carbocycles. The number of hydrogen-bond donors (Lipinski definition) is 1. The van der Waals surface area contributed by atoms with E-state index in [4.69, 9.17) is 0 Å². The minimum absolute atomic E-state index is 0.118.